The Kier molecular flexibility index (Phi) is 5.20. The molecule has 1 aromatic heterocycles. The molecule has 1 aliphatic heterocycles. The fourth-order valence-electron chi connectivity index (χ4n) is 3.12. The van der Waals surface area contributed by atoms with Crippen LogP contribution in [0.5, 0.6) is 0 Å². The Balaban J connectivity index is 1.44. The normalized spacial score (nSPS) is 14.0. The average Bonchev–Trinajstić information content (AvgIpc) is 3.04. The third-order valence-electron chi connectivity index (χ3n) is 4.46. The van der Waals surface area contributed by atoms with Gasteiger partial charge in [-0.25, -0.2) is 9.37 Å². The van der Waals surface area contributed by atoms with Crippen molar-refractivity contribution in [3.63, 3.8) is 0 Å². The zero-order valence-electron chi connectivity index (χ0n) is 14.4. The highest BCUT2D eigenvalue weighted by atomic mass is 35.5. The number of hydrogen-bond acceptors (Lipinski definition) is 4. The van der Waals surface area contributed by atoms with Crippen molar-refractivity contribution in [3.05, 3.63) is 81.1 Å². The lowest BCUT2D eigenvalue weighted by Crippen LogP contribution is -2.29. The molecule has 0 aliphatic carbocycles. The maximum Gasteiger partial charge on any atom is 0.258 e. The second kappa shape index (κ2) is 7.76. The van der Waals surface area contributed by atoms with E-state index in [1.165, 1.54) is 29.0 Å². The maximum absolute atomic E-state index is 13.2. The van der Waals surface area contributed by atoms with Crippen LogP contribution in [-0.4, -0.2) is 22.3 Å². The SMILES string of the molecule is O=C(Nc1nc2c(s1)CN(Cc1ccccc1)CC2)c1ccc(F)cc1Cl. The fourth-order valence-corrected chi connectivity index (χ4v) is 4.42. The summed E-state index contributed by atoms with van der Waals surface area (Å²) in [6.07, 6.45) is 0.853. The molecule has 2 aromatic carbocycles. The number of hydrogen-bond donors (Lipinski definition) is 1. The van der Waals surface area contributed by atoms with Gasteiger partial charge in [-0.15, -0.1) is 11.3 Å². The second-order valence-corrected chi connectivity index (χ2v) is 7.90. The van der Waals surface area contributed by atoms with Gasteiger partial charge in [0, 0.05) is 30.9 Å². The summed E-state index contributed by atoms with van der Waals surface area (Å²) in [7, 11) is 0. The summed E-state index contributed by atoms with van der Waals surface area (Å²) in [5, 5.41) is 3.42. The Hall–Kier alpha value is -2.28. The monoisotopic (exact) mass is 401 g/mol. The van der Waals surface area contributed by atoms with E-state index in [2.05, 4.69) is 27.3 Å². The molecule has 0 bridgehead atoms. The molecule has 0 radical (unpaired) electrons. The first kappa shape index (κ1) is 18.1. The summed E-state index contributed by atoms with van der Waals surface area (Å²) < 4.78 is 13.2. The number of nitrogens with one attached hydrogen (secondary N) is 1. The van der Waals surface area contributed by atoms with Crippen molar-refractivity contribution in [2.24, 2.45) is 0 Å². The van der Waals surface area contributed by atoms with Gasteiger partial charge in [0.25, 0.3) is 5.91 Å². The number of carbonyl (C=O) groups is 1. The smallest absolute Gasteiger partial charge is 0.258 e. The number of halogens is 2. The van der Waals surface area contributed by atoms with Gasteiger partial charge in [0.2, 0.25) is 0 Å². The molecule has 0 fully saturated rings. The number of amides is 1. The molecular formula is C20H17ClFN3OS. The van der Waals surface area contributed by atoms with E-state index in [0.29, 0.717) is 5.13 Å². The van der Waals surface area contributed by atoms with Crippen molar-refractivity contribution in [2.45, 2.75) is 19.5 Å². The van der Waals surface area contributed by atoms with Crippen molar-refractivity contribution in [1.29, 1.82) is 0 Å². The van der Waals surface area contributed by atoms with Crippen LogP contribution in [0, 0.1) is 5.82 Å². The topological polar surface area (TPSA) is 45.2 Å². The molecule has 0 saturated heterocycles. The lowest BCUT2D eigenvalue weighted by Gasteiger charge is -2.25. The maximum atomic E-state index is 13.2. The highest BCUT2D eigenvalue weighted by molar-refractivity contribution is 7.15. The zero-order chi connectivity index (χ0) is 18.8. The largest absolute Gasteiger partial charge is 0.298 e. The van der Waals surface area contributed by atoms with Crippen LogP contribution in [-0.2, 0) is 19.5 Å². The van der Waals surface area contributed by atoms with Crippen LogP contribution >= 0.6 is 22.9 Å². The number of thiazole rings is 1. The first-order valence-corrected chi connectivity index (χ1v) is 9.79. The minimum atomic E-state index is -0.472. The molecule has 4 rings (SSSR count). The Morgan fingerprint density at radius 2 is 2.07 bits per heavy atom. The van der Waals surface area contributed by atoms with Crippen LogP contribution in [0.4, 0.5) is 9.52 Å². The summed E-state index contributed by atoms with van der Waals surface area (Å²) in [5.41, 5.74) is 2.55. The predicted octanol–water partition coefficient (Wildman–Crippen LogP) is 4.75. The van der Waals surface area contributed by atoms with E-state index in [1.807, 2.05) is 18.2 Å². The summed E-state index contributed by atoms with van der Waals surface area (Å²) in [6.45, 7) is 2.64. The fraction of sp³-hybridized carbons (Fsp3) is 0.200. The van der Waals surface area contributed by atoms with Gasteiger partial charge >= 0.3 is 0 Å². The number of carbonyl (C=O) groups excluding carboxylic acids is 1. The third kappa shape index (κ3) is 4.18. The minimum Gasteiger partial charge on any atom is -0.298 e. The lowest BCUT2D eigenvalue weighted by atomic mass is 10.1. The molecule has 1 N–H and O–H groups in total. The number of rotatable bonds is 4. The molecule has 27 heavy (non-hydrogen) atoms. The molecular weight excluding hydrogens is 385 g/mol. The summed E-state index contributed by atoms with van der Waals surface area (Å²) >= 11 is 7.44. The molecule has 3 aromatic rings. The first-order valence-electron chi connectivity index (χ1n) is 8.60. The molecule has 4 nitrogen and oxygen atoms in total. The van der Waals surface area contributed by atoms with Gasteiger partial charge in [-0.1, -0.05) is 41.9 Å². The van der Waals surface area contributed by atoms with Crippen LogP contribution in [0.25, 0.3) is 0 Å². The Morgan fingerprint density at radius 3 is 2.85 bits per heavy atom. The van der Waals surface area contributed by atoms with Crippen molar-refractivity contribution < 1.29 is 9.18 Å². The molecule has 2 heterocycles. The van der Waals surface area contributed by atoms with Crippen molar-refractivity contribution in [3.8, 4) is 0 Å². The zero-order valence-corrected chi connectivity index (χ0v) is 16.0. The number of nitrogens with zero attached hydrogens (tertiary/aromatic N) is 2. The van der Waals surface area contributed by atoms with Crippen molar-refractivity contribution in [1.82, 2.24) is 9.88 Å². The van der Waals surface area contributed by atoms with Gasteiger partial charge in [0.15, 0.2) is 5.13 Å². The number of fused-ring (bicyclic) bond motifs is 1. The Labute approximate surface area is 165 Å². The standard InChI is InChI=1S/C20H17ClFN3OS/c21-16-10-14(22)6-7-15(16)19(26)24-20-23-17-8-9-25(12-18(17)27-20)11-13-4-2-1-3-5-13/h1-7,10H,8-9,11-12H2,(H,23,24,26). The summed E-state index contributed by atoms with van der Waals surface area (Å²) in [5.74, 6) is -0.855. The van der Waals surface area contributed by atoms with Crippen LogP contribution < -0.4 is 5.32 Å². The van der Waals surface area contributed by atoms with Crippen LogP contribution in [0.2, 0.25) is 5.02 Å². The first-order chi connectivity index (χ1) is 13.1. The van der Waals surface area contributed by atoms with Gasteiger partial charge in [-0.05, 0) is 23.8 Å². The van der Waals surface area contributed by atoms with Gasteiger partial charge < -0.3 is 0 Å². The van der Waals surface area contributed by atoms with Gasteiger partial charge in [-0.3, -0.25) is 15.0 Å². The number of anilines is 1. The molecule has 0 saturated carbocycles. The van der Waals surface area contributed by atoms with Crippen molar-refractivity contribution >= 4 is 34.0 Å². The third-order valence-corrected chi connectivity index (χ3v) is 5.77. The Morgan fingerprint density at radius 1 is 1.26 bits per heavy atom. The van der Waals surface area contributed by atoms with E-state index >= 15 is 0 Å². The van der Waals surface area contributed by atoms with Crippen LogP contribution in [0.3, 0.4) is 0 Å². The molecule has 1 aliphatic rings. The Bertz CT molecular complexity index is 977. The van der Waals surface area contributed by atoms with Gasteiger partial charge in [0.1, 0.15) is 5.82 Å². The molecule has 138 valence electrons. The lowest BCUT2D eigenvalue weighted by molar-refractivity contribution is 0.102. The van der Waals surface area contributed by atoms with E-state index in [4.69, 9.17) is 11.6 Å². The predicted molar refractivity (Wildman–Crippen MR) is 106 cm³/mol. The average molecular weight is 402 g/mol. The van der Waals surface area contributed by atoms with E-state index in [9.17, 15) is 9.18 Å². The van der Waals surface area contributed by atoms with E-state index in [0.717, 1.165) is 42.7 Å². The highest BCUT2D eigenvalue weighted by Gasteiger charge is 2.22. The molecule has 0 spiro atoms. The van der Waals surface area contributed by atoms with E-state index in [-0.39, 0.29) is 16.5 Å². The second-order valence-electron chi connectivity index (χ2n) is 6.41. The summed E-state index contributed by atoms with van der Waals surface area (Å²) in [4.78, 5) is 20.5. The molecule has 1 amide bonds. The summed E-state index contributed by atoms with van der Waals surface area (Å²) in [6, 6.07) is 14.1. The molecule has 0 unspecified atom stereocenters. The van der Waals surface area contributed by atoms with E-state index in [1.54, 1.807) is 0 Å². The van der Waals surface area contributed by atoms with Gasteiger partial charge in [-0.2, -0.15) is 0 Å². The quantitative estimate of drug-likeness (QED) is 0.686. The molecule has 0 atom stereocenters. The van der Waals surface area contributed by atoms with E-state index < -0.39 is 5.82 Å². The highest BCUT2D eigenvalue weighted by Crippen LogP contribution is 2.29. The molecule has 7 heteroatoms. The van der Waals surface area contributed by atoms with Crippen LogP contribution in [0.15, 0.2) is 48.5 Å². The number of benzene rings is 2. The van der Waals surface area contributed by atoms with Crippen LogP contribution in [0.1, 0.15) is 26.5 Å². The van der Waals surface area contributed by atoms with Crippen molar-refractivity contribution in [2.75, 3.05) is 11.9 Å². The number of aromatic nitrogens is 1. The van der Waals surface area contributed by atoms with Gasteiger partial charge in [0.05, 0.1) is 16.3 Å². The minimum absolute atomic E-state index is 0.0860.